The van der Waals surface area contributed by atoms with Gasteiger partial charge in [0.25, 0.3) is 0 Å². The summed E-state index contributed by atoms with van der Waals surface area (Å²) in [6, 6.07) is 23.7. The summed E-state index contributed by atoms with van der Waals surface area (Å²) in [5, 5.41) is 14.5. The summed E-state index contributed by atoms with van der Waals surface area (Å²) in [6.45, 7) is 4.28. The minimum Gasteiger partial charge on any atom is -0.497 e. The molecule has 3 aromatic carbocycles. The zero-order chi connectivity index (χ0) is 23.9. The Morgan fingerprint density at radius 2 is 1.71 bits per heavy atom. The Morgan fingerprint density at radius 3 is 2.38 bits per heavy atom. The maximum absolute atomic E-state index is 12.4. The SMILES string of the molecule is CCOc1ccc(CCNCc2c(C(=O)O)n(Cc3ccccc3)c3cc(OC)ccc23)cc1. The number of carbonyl (C=O) groups is 1. The van der Waals surface area contributed by atoms with Crippen molar-refractivity contribution in [3.8, 4) is 11.5 Å². The van der Waals surface area contributed by atoms with E-state index in [1.165, 1.54) is 5.56 Å². The number of ether oxygens (including phenoxy) is 2. The van der Waals surface area contributed by atoms with Gasteiger partial charge in [-0.15, -0.1) is 0 Å². The minimum atomic E-state index is -0.936. The first-order valence-corrected chi connectivity index (χ1v) is 11.5. The van der Waals surface area contributed by atoms with Gasteiger partial charge in [-0.2, -0.15) is 0 Å². The van der Waals surface area contributed by atoms with Gasteiger partial charge in [0.1, 0.15) is 17.2 Å². The Kier molecular flexibility index (Phi) is 7.50. The van der Waals surface area contributed by atoms with Gasteiger partial charge in [0.15, 0.2) is 0 Å². The fourth-order valence-corrected chi connectivity index (χ4v) is 4.25. The van der Waals surface area contributed by atoms with Crippen LogP contribution in [-0.4, -0.2) is 35.9 Å². The molecule has 4 rings (SSSR count). The van der Waals surface area contributed by atoms with Gasteiger partial charge in [0.2, 0.25) is 0 Å². The van der Waals surface area contributed by atoms with E-state index in [0.29, 0.717) is 31.1 Å². The third kappa shape index (κ3) is 5.24. The van der Waals surface area contributed by atoms with Crippen LogP contribution in [0, 0.1) is 0 Å². The van der Waals surface area contributed by atoms with Gasteiger partial charge in [0.05, 0.1) is 19.2 Å². The molecule has 2 N–H and O–H groups in total. The molecule has 176 valence electrons. The van der Waals surface area contributed by atoms with Crippen molar-refractivity contribution in [2.75, 3.05) is 20.3 Å². The van der Waals surface area contributed by atoms with Crippen LogP contribution in [0.5, 0.6) is 11.5 Å². The second-order valence-electron chi connectivity index (χ2n) is 8.09. The summed E-state index contributed by atoms with van der Waals surface area (Å²) in [4.78, 5) is 12.4. The number of carboxylic acid groups (broad SMARTS) is 1. The van der Waals surface area contributed by atoms with Crippen molar-refractivity contribution in [1.82, 2.24) is 9.88 Å². The topological polar surface area (TPSA) is 72.7 Å². The van der Waals surface area contributed by atoms with E-state index in [1.54, 1.807) is 7.11 Å². The van der Waals surface area contributed by atoms with Crippen molar-refractivity contribution in [2.45, 2.75) is 26.4 Å². The average molecular weight is 459 g/mol. The lowest BCUT2D eigenvalue weighted by Crippen LogP contribution is -2.19. The molecular weight excluding hydrogens is 428 g/mol. The maximum atomic E-state index is 12.4. The summed E-state index contributed by atoms with van der Waals surface area (Å²) in [7, 11) is 1.62. The first kappa shape index (κ1) is 23.4. The van der Waals surface area contributed by atoms with E-state index >= 15 is 0 Å². The van der Waals surface area contributed by atoms with Crippen LogP contribution in [0.1, 0.15) is 34.1 Å². The number of hydrogen-bond donors (Lipinski definition) is 2. The minimum absolute atomic E-state index is 0.306. The van der Waals surface area contributed by atoms with Gasteiger partial charge < -0.3 is 24.5 Å². The van der Waals surface area contributed by atoms with Crippen LogP contribution in [0.15, 0.2) is 72.8 Å². The third-order valence-electron chi connectivity index (χ3n) is 5.89. The average Bonchev–Trinajstić information content (AvgIpc) is 3.16. The zero-order valence-corrected chi connectivity index (χ0v) is 19.6. The lowest BCUT2D eigenvalue weighted by atomic mass is 10.1. The van der Waals surface area contributed by atoms with Gasteiger partial charge in [-0.25, -0.2) is 4.79 Å². The molecular formula is C28H30N2O4. The van der Waals surface area contributed by atoms with E-state index in [2.05, 4.69) is 17.4 Å². The number of carboxylic acids is 1. The first-order valence-electron chi connectivity index (χ1n) is 11.5. The lowest BCUT2D eigenvalue weighted by Gasteiger charge is -2.10. The molecule has 0 unspecified atom stereocenters. The second kappa shape index (κ2) is 10.9. The fourth-order valence-electron chi connectivity index (χ4n) is 4.25. The molecule has 0 aliphatic carbocycles. The largest absolute Gasteiger partial charge is 0.497 e. The summed E-state index contributed by atoms with van der Waals surface area (Å²) < 4.78 is 12.8. The fraction of sp³-hybridized carbons (Fsp3) is 0.250. The van der Waals surface area contributed by atoms with Gasteiger partial charge in [0, 0.05) is 30.1 Å². The molecule has 0 amide bonds. The van der Waals surface area contributed by atoms with Crippen LogP contribution in [0.25, 0.3) is 10.9 Å². The number of methoxy groups -OCH3 is 1. The molecule has 0 saturated heterocycles. The Balaban J connectivity index is 1.58. The second-order valence-corrected chi connectivity index (χ2v) is 8.09. The maximum Gasteiger partial charge on any atom is 0.352 e. The Labute approximate surface area is 199 Å². The summed E-state index contributed by atoms with van der Waals surface area (Å²) in [6.07, 6.45) is 0.839. The third-order valence-corrected chi connectivity index (χ3v) is 5.89. The van der Waals surface area contributed by atoms with E-state index < -0.39 is 5.97 Å². The van der Waals surface area contributed by atoms with Gasteiger partial charge in [-0.3, -0.25) is 0 Å². The number of aromatic nitrogens is 1. The highest BCUT2D eigenvalue weighted by Gasteiger charge is 2.22. The van der Waals surface area contributed by atoms with Gasteiger partial charge >= 0.3 is 5.97 Å². The van der Waals surface area contributed by atoms with E-state index in [4.69, 9.17) is 9.47 Å². The monoisotopic (exact) mass is 458 g/mol. The number of fused-ring (bicyclic) bond motifs is 1. The normalized spacial score (nSPS) is 11.0. The van der Waals surface area contributed by atoms with Crippen molar-refractivity contribution >= 4 is 16.9 Å². The highest BCUT2D eigenvalue weighted by Crippen LogP contribution is 2.30. The van der Waals surface area contributed by atoms with Crippen LogP contribution in [0.2, 0.25) is 0 Å². The highest BCUT2D eigenvalue weighted by atomic mass is 16.5. The molecule has 0 radical (unpaired) electrons. The van der Waals surface area contributed by atoms with Crippen molar-refractivity contribution in [2.24, 2.45) is 0 Å². The molecule has 0 aliphatic rings. The highest BCUT2D eigenvalue weighted by molar-refractivity contribution is 5.98. The predicted molar refractivity (Wildman–Crippen MR) is 134 cm³/mol. The molecule has 0 saturated carbocycles. The van der Waals surface area contributed by atoms with Crippen LogP contribution in [-0.2, 0) is 19.5 Å². The van der Waals surface area contributed by atoms with E-state index in [1.807, 2.05) is 72.2 Å². The summed E-state index contributed by atoms with van der Waals surface area (Å²) >= 11 is 0. The summed E-state index contributed by atoms with van der Waals surface area (Å²) in [5.74, 6) is 0.632. The number of benzene rings is 3. The smallest absolute Gasteiger partial charge is 0.352 e. The molecule has 0 spiro atoms. The molecule has 1 heterocycles. The first-order chi connectivity index (χ1) is 16.6. The molecule has 4 aromatic rings. The van der Waals surface area contributed by atoms with Crippen LogP contribution < -0.4 is 14.8 Å². The molecule has 0 aliphatic heterocycles. The Bertz CT molecular complexity index is 1250. The van der Waals surface area contributed by atoms with E-state index in [0.717, 1.165) is 40.7 Å². The zero-order valence-electron chi connectivity index (χ0n) is 19.6. The molecule has 0 atom stereocenters. The van der Waals surface area contributed by atoms with E-state index in [9.17, 15) is 9.90 Å². The number of nitrogens with zero attached hydrogens (tertiary/aromatic N) is 1. The van der Waals surface area contributed by atoms with Crippen molar-refractivity contribution in [3.63, 3.8) is 0 Å². The van der Waals surface area contributed by atoms with Crippen molar-refractivity contribution < 1.29 is 19.4 Å². The molecule has 0 fully saturated rings. The molecule has 6 nitrogen and oxygen atoms in total. The Hall–Kier alpha value is -3.77. The number of rotatable bonds is 11. The van der Waals surface area contributed by atoms with E-state index in [-0.39, 0.29) is 0 Å². The molecule has 1 aromatic heterocycles. The molecule has 6 heteroatoms. The Morgan fingerprint density at radius 1 is 0.971 bits per heavy atom. The summed E-state index contributed by atoms with van der Waals surface area (Å²) in [5.41, 5.74) is 4.18. The number of nitrogens with one attached hydrogen (secondary N) is 1. The number of hydrogen-bond acceptors (Lipinski definition) is 4. The molecule has 0 bridgehead atoms. The van der Waals surface area contributed by atoms with Crippen LogP contribution in [0.4, 0.5) is 0 Å². The standard InChI is InChI=1S/C28H30N2O4/c1-3-34-22-11-9-20(10-12-22)15-16-29-18-25-24-14-13-23(33-2)17-26(24)30(27(25)28(31)32)19-21-7-5-4-6-8-21/h4-14,17,29H,3,15-16,18-19H2,1-2H3,(H,31,32). The van der Waals surface area contributed by atoms with Gasteiger partial charge in [-0.1, -0.05) is 42.5 Å². The lowest BCUT2D eigenvalue weighted by molar-refractivity contribution is 0.0684. The quantitative estimate of drug-likeness (QED) is 0.305. The predicted octanol–water partition coefficient (Wildman–Crippen LogP) is 5.13. The van der Waals surface area contributed by atoms with Crippen LogP contribution >= 0.6 is 0 Å². The van der Waals surface area contributed by atoms with Crippen molar-refractivity contribution in [3.05, 3.63) is 95.2 Å². The molecule has 34 heavy (non-hydrogen) atoms. The number of aromatic carboxylic acids is 1. The van der Waals surface area contributed by atoms with Gasteiger partial charge in [-0.05, 0) is 55.3 Å². The van der Waals surface area contributed by atoms with Crippen LogP contribution in [0.3, 0.4) is 0 Å². The van der Waals surface area contributed by atoms with Crippen molar-refractivity contribution in [1.29, 1.82) is 0 Å².